The summed E-state index contributed by atoms with van der Waals surface area (Å²) < 4.78 is 1.48. The van der Waals surface area contributed by atoms with Gasteiger partial charge in [-0.1, -0.05) is 5.21 Å². The number of carbonyl (C=O) groups is 2. The highest BCUT2D eigenvalue weighted by atomic mass is 16.4. The molecule has 1 aromatic heterocycles. The Labute approximate surface area is 103 Å². The minimum atomic E-state index is -1.08. The lowest BCUT2D eigenvalue weighted by molar-refractivity contribution is -0.122. The van der Waals surface area contributed by atoms with Crippen molar-refractivity contribution in [1.29, 1.82) is 0 Å². The van der Waals surface area contributed by atoms with Crippen LogP contribution in [-0.4, -0.2) is 51.1 Å². The van der Waals surface area contributed by atoms with E-state index in [2.05, 4.69) is 20.9 Å². The van der Waals surface area contributed by atoms with Crippen molar-refractivity contribution in [3.63, 3.8) is 0 Å². The van der Waals surface area contributed by atoms with Gasteiger partial charge >= 0.3 is 5.97 Å². The number of amides is 1. The third-order valence-corrected chi connectivity index (χ3v) is 2.80. The average Bonchev–Trinajstić information content (AvgIpc) is 2.81. The highest BCUT2D eigenvalue weighted by Gasteiger charge is 2.17. The van der Waals surface area contributed by atoms with E-state index in [4.69, 9.17) is 5.11 Å². The Morgan fingerprint density at radius 2 is 2.50 bits per heavy atom. The fourth-order valence-electron chi connectivity index (χ4n) is 1.80. The molecule has 0 saturated carbocycles. The number of rotatable bonds is 5. The van der Waals surface area contributed by atoms with Gasteiger partial charge < -0.3 is 15.7 Å². The number of nitrogens with zero attached hydrogens (tertiary/aromatic N) is 3. The summed E-state index contributed by atoms with van der Waals surface area (Å²) in [6, 6.07) is 0.269. The van der Waals surface area contributed by atoms with Crippen molar-refractivity contribution in [1.82, 2.24) is 25.6 Å². The summed E-state index contributed by atoms with van der Waals surface area (Å²) in [5.41, 5.74) is -0.0556. The topological polar surface area (TPSA) is 109 Å². The molecule has 18 heavy (non-hydrogen) atoms. The maximum Gasteiger partial charge on any atom is 0.358 e. The number of carboxylic acid groups (broad SMARTS) is 1. The quantitative estimate of drug-likeness (QED) is 0.611. The molecule has 1 saturated heterocycles. The summed E-state index contributed by atoms with van der Waals surface area (Å²) in [6.07, 6.45) is 2.76. The number of hydrogen-bond acceptors (Lipinski definition) is 5. The minimum Gasteiger partial charge on any atom is -0.476 e. The summed E-state index contributed by atoms with van der Waals surface area (Å²) in [5, 5.41) is 22.0. The fourth-order valence-corrected chi connectivity index (χ4v) is 1.80. The monoisotopic (exact) mass is 253 g/mol. The first-order chi connectivity index (χ1) is 8.65. The van der Waals surface area contributed by atoms with Crippen LogP contribution in [0.25, 0.3) is 0 Å². The Balaban J connectivity index is 1.71. The second-order valence-corrected chi connectivity index (χ2v) is 4.17. The number of carbonyl (C=O) groups excluding carboxylic acids is 1. The Kier molecular flexibility index (Phi) is 3.88. The van der Waals surface area contributed by atoms with Crippen molar-refractivity contribution in [2.75, 3.05) is 13.1 Å². The molecule has 0 radical (unpaired) electrons. The number of piperidine rings is 1. The van der Waals surface area contributed by atoms with Crippen molar-refractivity contribution in [3.8, 4) is 0 Å². The van der Waals surface area contributed by atoms with E-state index >= 15 is 0 Å². The first-order valence-corrected chi connectivity index (χ1v) is 5.78. The number of aromatic carboxylic acids is 1. The van der Waals surface area contributed by atoms with Crippen molar-refractivity contribution < 1.29 is 14.7 Å². The molecule has 98 valence electrons. The fraction of sp³-hybridized carbons (Fsp3) is 0.600. The lowest BCUT2D eigenvalue weighted by atomic mass is 10.1. The molecule has 0 spiro atoms. The van der Waals surface area contributed by atoms with Gasteiger partial charge in [0.1, 0.15) is 0 Å². The van der Waals surface area contributed by atoms with Crippen LogP contribution in [0.4, 0.5) is 0 Å². The Morgan fingerprint density at radius 1 is 1.67 bits per heavy atom. The molecule has 2 rings (SSSR count). The highest BCUT2D eigenvalue weighted by molar-refractivity contribution is 5.84. The molecule has 1 unspecified atom stereocenters. The molecule has 1 aliphatic rings. The van der Waals surface area contributed by atoms with Crippen LogP contribution in [0.5, 0.6) is 0 Å². The molecule has 0 aliphatic carbocycles. The van der Waals surface area contributed by atoms with Crippen LogP contribution in [0, 0.1) is 0 Å². The number of hydrogen-bond donors (Lipinski definition) is 3. The van der Waals surface area contributed by atoms with Crippen LogP contribution in [-0.2, 0) is 11.3 Å². The number of aromatic nitrogens is 3. The minimum absolute atomic E-state index is 0.0556. The summed E-state index contributed by atoms with van der Waals surface area (Å²) in [5.74, 6) is -0.986. The molecule has 0 bridgehead atoms. The van der Waals surface area contributed by atoms with Crippen LogP contribution in [0.3, 0.4) is 0 Å². The maximum absolute atomic E-state index is 11.0. The number of carboxylic acids is 1. The molecule has 1 fully saturated rings. The third kappa shape index (κ3) is 3.27. The SMILES string of the molecule is O=C1CCC(NCCn2cc(C(=O)O)nn2)CN1. The standard InChI is InChI=1S/C10H15N5O3/c16-9-2-1-7(5-12-9)11-3-4-15-6-8(10(17)18)13-14-15/h6-7,11H,1-5H2,(H,12,16)(H,17,18). The largest absolute Gasteiger partial charge is 0.476 e. The lowest BCUT2D eigenvalue weighted by Gasteiger charge is -2.23. The van der Waals surface area contributed by atoms with E-state index in [1.165, 1.54) is 10.9 Å². The van der Waals surface area contributed by atoms with Gasteiger partial charge in [-0.2, -0.15) is 0 Å². The molecule has 0 aromatic carbocycles. The molecule has 3 N–H and O–H groups in total. The normalized spacial score (nSPS) is 19.6. The van der Waals surface area contributed by atoms with Crippen LogP contribution in [0.15, 0.2) is 6.20 Å². The van der Waals surface area contributed by atoms with Crippen LogP contribution >= 0.6 is 0 Å². The molecule has 1 amide bonds. The van der Waals surface area contributed by atoms with Gasteiger partial charge in [0.2, 0.25) is 5.91 Å². The first-order valence-electron chi connectivity index (χ1n) is 5.78. The zero-order chi connectivity index (χ0) is 13.0. The summed E-state index contributed by atoms with van der Waals surface area (Å²) in [6.45, 7) is 1.84. The van der Waals surface area contributed by atoms with E-state index in [0.29, 0.717) is 26.1 Å². The summed E-state index contributed by atoms with van der Waals surface area (Å²) >= 11 is 0. The molecule has 2 heterocycles. The molecular formula is C10H15N5O3. The van der Waals surface area contributed by atoms with Gasteiger partial charge in [-0.25, -0.2) is 4.79 Å². The zero-order valence-electron chi connectivity index (χ0n) is 9.80. The molecule has 8 heteroatoms. The summed E-state index contributed by atoms with van der Waals surface area (Å²) in [7, 11) is 0. The van der Waals surface area contributed by atoms with Gasteiger partial charge in [-0.15, -0.1) is 5.10 Å². The van der Waals surface area contributed by atoms with Crippen LogP contribution < -0.4 is 10.6 Å². The van der Waals surface area contributed by atoms with E-state index in [9.17, 15) is 9.59 Å². The third-order valence-electron chi connectivity index (χ3n) is 2.80. The van der Waals surface area contributed by atoms with E-state index in [1.54, 1.807) is 0 Å². The molecule has 1 atom stereocenters. The Bertz CT molecular complexity index is 434. The summed E-state index contributed by atoms with van der Waals surface area (Å²) in [4.78, 5) is 21.5. The first kappa shape index (κ1) is 12.5. The van der Waals surface area contributed by atoms with Gasteiger partial charge in [0.25, 0.3) is 0 Å². The predicted octanol–water partition coefficient (Wildman–Crippen LogP) is -1.16. The average molecular weight is 253 g/mol. The molecule has 8 nitrogen and oxygen atoms in total. The number of nitrogens with one attached hydrogen (secondary N) is 2. The smallest absolute Gasteiger partial charge is 0.358 e. The van der Waals surface area contributed by atoms with Crippen molar-refractivity contribution in [3.05, 3.63) is 11.9 Å². The molecular weight excluding hydrogens is 238 g/mol. The second-order valence-electron chi connectivity index (χ2n) is 4.17. The molecule has 1 aliphatic heterocycles. The molecule has 1 aromatic rings. The van der Waals surface area contributed by atoms with E-state index < -0.39 is 5.97 Å². The Morgan fingerprint density at radius 3 is 3.11 bits per heavy atom. The van der Waals surface area contributed by atoms with Crippen LogP contribution in [0.2, 0.25) is 0 Å². The van der Waals surface area contributed by atoms with Crippen molar-refractivity contribution in [2.45, 2.75) is 25.4 Å². The van der Waals surface area contributed by atoms with Gasteiger partial charge in [-0.05, 0) is 6.42 Å². The van der Waals surface area contributed by atoms with Gasteiger partial charge in [0.15, 0.2) is 5.69 Å². The second kappa shape index (κ2) is 5.58. The van der Waals surface area contributed by atoms with E-state index in [0.717, 1.165) is 6.42 Å². The van der Waals surface area contributed by atoms with Gasteiger partial charge in [-0.3, -0.25) is 9.48 Å². The van der Waals surface area contributed by atoms with E-state index in [-0.39, 0.29) is 17.6 Å². The van der Waals surface area contributed by atoms with Crippen molar-refractivity contribution >= 4 is 11.9 Å². The highest BCUT2D eigenvalue weighted by Crippen LogP contribution is 2.02. The van der Waals surface area contributed by atoms with Gasteiger partial charge in [0.05, 0.1) is 12.7 Å². The van der Waals surface area contributed by atoms with Gasteiger partial charge in [0, 0.05) is 25.6 Å². The van der Waals surface area contributed by atoms with E-state index in [1.807, 2.05) is 0 Å². The predicted molar refractivity (Wildman–Crippen MR) is 61.0 cm³/mol. The Hall–Kier alpha value is -1.96. The van der Waals surface area contributed by atoms with Crippen molar-refractivity contribution in [2.24, 2.45) is 0 Å². The maximum atomic E-state index is 11.0. The lowest BCUT2D eigenvalue weighted by Crippen LogP contribution is -2.46. The van der Waals surface area contributed by atoms with Crippen LogP contribution in [0.1, 0.15) is 23.3 Å². The zero-order valence-corrected chi connectivity index (χ0v) is 9.80.